The highest BCUT2D eigenvalue weighted by molar-refractivity contribution is 6.31. The molecule has 0 saturated heterocycles. The summed E-state index contributed by atoms with van der Waals surface area (Å²) in [5.41, 5.74) is 10.9. The molecule has 0 saturated carbocycles. The lowest BCUT2D eigenvalue weighted by Gasteiger charge is -2.17. The molecule has 0 aliphatic carbocycles. The molecule has 2 nitrogen and oxygen atoms in total. The van der Waals surface area contributed by atoms with Crippen LogP contribution in [0, 0.1) is 13.8 Å². The minimum atomic E-state index is -0.0435. The van der Waals surface area contributed by atoms with Crippen LogP contribution in [0.15, 0.2) is 36.4 Å². The maximum Gasteiger partial charge on any atom is 0.119 e. The van der Waals surface area contributed by atoms with E-state index in [9.17, 15) is 0 Å². The summed E-state index contributed by atoms with van der Waals surface area (Å²) < 4.78 is 5.24. The minimum absolute atomic E-state index is 0.0435. The summed E-state index contributed by atoms with van der Waals surface area (Å²) in [6, 6.07) is 12.0. The molecule has 0 fully saturated rings. The number of nitrogens with two attached hydrogens (primary N) is 1. The molecule has 1 atom stereocenters. The number of ether oxygens (including phenoxy) is 1. The van der Waals surface area contributed by atoms with E-state index in [1.165, 1.54) is 5.56 Å². The van der Waals surface area contributed by atoms with Crippen molar-refractivity contribution >= 4 is 11.6 Å². The number of halogens is 1. The van der Waals surface area contributed by atoms with E-state index in [4.69, 9.17) is 22.1 Å². The van der Waals surface area contributed by atoms with Gasteiger partial charge in [-0.15, -0.1) is 0 Å². The third kappa shape index (κ3) is 3.33. The van der Waals surface area contributed by atoms with Crippen molar-refractivity contribution in [3.8, 4) is 5.75 Å². The fraction of sp³-hybridized carbons (Fsp3) is 0.294. The van der Waals surface area contributed by atoms with Gasteiger partial charge in [0.15, 0.2) is 0 Å². The van der Waals surface area contributed by atoms with Crippen molar-refractivity contribution in [1.82, 2.24) is 0 Å². The SMILES string of the molecule is COc1cccc(CC(N)c2cc(C)c(Cl)cc2C)c1. The third-order valence-electron chi connectivity index (χ3n) is 3.54. The molecule has 2 aromatic rings. The summed E-state index contributed by atoms with van der Waals surface area (Å²) in [7, 11) is 1.67. The second-order valence-corrected chi connectivity index (χ2v) is 5.53. The van der Waals surface area contributed by atoms with Crippen LogP contribution in [0.2, 0.25) is 5.02 Å². The largest absolute Gasteiger partial charge is 0.497 e. The first kappa shape index (κ1) is 14.9. The van der Waals surface area contributed by atoms with Crippen LogP contribution in [0.4, 0.5) is 0 Å². The number of methoxy groups -OCH3 is 1. The van der Waals surface area contributed by atoms with Gasteiger partial charge in [-0.25, -0.2) is 0 Å². The van der Waals surface area contributed by atoms with E-state index in [2.05, 4.69) is 12.1 Å². The van der Waals surface area contributed by atoms with Crippen LogP contribution >= 0.6 is 11.6 Å². The van der Waals surface area contributed by atoms with E-state index in [1.54, 1.807) is 7.11 Å². The van der Waals surface area contributed by atoms with E-state index >= 15 is 0 Å². The monoisotopic (exact) mass is 289 g/mol. The second-order valence-electron chi connectivity index (χ2n) is 5.12. The van der Waals surface area contributed by atoms with Gasteiger partial charge in [0.25, 0.3) is 0 Å². The molecule has 1 unspecified atom stereocenters. The van der Waals surface area contributed by atoms with Gasteiger partial charge >= 0.3 is 0 Å². The van der Waals surface area contributed by atoms with Crippen molar-refractivity contribution < 1.29 is 4.74 Å². The molecule has 2 rings (SSSR count). The number of aryl methyl sites for hydroxylation is 2. The Hall–Kier alpha value is -1.51. The highest BCUT2D eigenvalue weighted by atomic mass is 35.5. The zero-order valence-electron chi connectivity index (χ0n) is 12.1. The standard InChI is InChI=1S/C17H20ClNO/c1-11-8-16(18)12(2)7-15(11)17(19)10-13-5-4-6-14(9-13)20-3/h4-9,17H,10,19H2,1-3H3. The maximum atomic E-state index is 6.35. The Morgan fingerprint density at radius 3 is 2.60 bits per heavy atom. The lowest BCUT2D eigenvalue weighted by atomic mass is 9.94. The Morgan fingerprint density at radius 2 is 1.90 bits per heavy atom. The fourth-order valence-electron chi connectivity index (χ4n) is 2.37. The van der Waals surface area contributed by atoms with Crippen LogP contribution in [0.5, 0.6) is 5.75 Å². The zero-order valence-corrected chi connectivity index (χ0v) is 12.9. The molecule has 0 aliphatic rings. The summed E-state index contributed by atoms with van der Waals surface area (Å²) >= 11 is 6.13. The van der Waals surface area contributed by atoms with Crippen LogP contribution in [-0.2, 0) is 6.42 Å². The molecule has 0 heterocycles. The van der Waals surface area contributed by atoms with Gasteiger partial charge in [0.2, 0.25) is 0 Å². The van der Waals surface area contributed by atoms with Crippen molar-refractivity contribution in [3.63, 3.8) is 0 Å². The summed E-state index contributed by atoms with van der Waals surface area (Å²) in [6.07, 6.45) is 0.777. The molecule has 0 radical (unpaired) electrons. The molecule has 0 bridgehead atoms. The molecule has 20 heavy (non-hydrogen) atoms. The van der Waals surface area contributed by atoms with Crippen LogP contribution in [0.1, 0.15) is 28.3 Å². The van der Waals surface area contributed by atoms with Gasteiger partial charge in [-0.3, -0.25) is 0 Å². The first-order valence-electron chi connectivity index (χ1n) is 6.66. The van der Waals surface area contributed by atoms with Crippen LogP contribution in [0.3, 0.4) is 0 Å². The van der Waals surface area contributed by atoms with E-state index in [1.807, 2.05) is 38.1 Å². The second kappa shape index (κ2) is 6.29. The molecule has 106 valence electrons. The van der Waals surface area contributed by atoms with Crippen molar-refractivity contribution in [2.24, 2.45) is 5.73 Å². The Morgan fingerprint density at radius 1 is 1.15 bits per heavy atom. The number of hydrogen-bond donors (Lipinski definition) is 1. The van der Waals surface area contributed by atoms with Crippen molar-refractivity contribution in [3.05, 3.63) is 63.7 Å². The predicted octanol–water partition coefficient (Wildman–Crippen LogP) is 4.21. The topological polar surface area (TPSA) is 35.2 Å². The smallest absolute Gasteiger partial charge is 0.119 e. The van der Waals surface area contributed by atoms with Gasteiger partial charge < -0.3 is 10.5 Å². The molecular weight excluding hydrogens is 270 g/mol. The molecule has 0 aliphatic heterocycles. The van der Waals surface area contributed by atoms with E-state index in [0.717, 1.165) is 33.9 Å². The van der Waals surface area contributed by atoms with Gasteiger partial charge in [0.1, 0.15) is 5.75 Å². The lowest BCUT2D eigenvalue weighted by molar-refractivity contribution is 0.414. The van der Waals surface area contributed by atoms with Crippen LogP contribution < -0.4 is 10.5 Å². The molecule has 0 aromatic heterocycles. The predicted molar refractivity (Wildman–Crippen MR) is 84.6 cm³/mol. The van der Waals surface area contributed by atoms with Crippen LogP contribution in [-0.4, -0.2) is 7.11 Å². The fourth-order valence-corrected chi connectivity index (χ4v) is 2.58. The number of benzene rings is 2. The first-order valence-corrected chi connectivity index (χ1v) is 7.04. The Balaban J connectivity index is 2.23. The maximum absolute atomic E-state index is 6.35. The lowest BCUT2D eigenvalue weighted by Crippen LogP contribution is -2.15. The Bertz CT molecular complexity index is 610. The third-order valence-corrected chi connectivity index (χ3v) is 3.94. The van der Waals surface area contributed by atoms with Gasteiger partial charge in [0, 0.05) is 11.1 Å². The number of hydrogen-bond acceptors (Lipinski definition) is 2. The van der Waals surface area contributed by atoms with E-state index < -0.39 is 0 Å². The summed E-state index contributed by atoms with van der Waals surface area (Å²) in [5.74, 6) is 0.860. The molecule has 0 spiro atoms. The summed E-state index contributed by atoms with van der Waals surface area (Å²) in [5, 5.41) is 0.792. The van der Waals surface area contributed by atoms with Gasteiger partial charge in [-0.2, -0.15) is 0 Å². The van der Waals surface area contributed by atoms with E-state index in [0.29, 0.717) is 0 Å². The quantitative estimate of drug-likeness (QED) is 0.915. The van der Waals surface area contributed by atoms with Crippen molar-refractivity contribution in [2.75, 3.05) is 7.11 Å². The average Bonchev–Trinajstić information content (AvgIpc) is 2.43. The number of rotatable bonds is 4. The summed E-state index contributed by atoms with van der Waals surface area (Å²) in [6.45, 7) is 4.05. The normalized spacial score (nSPS) is 12.2. The van der Waals surface area contributed by atoms with E-state index in [-0.39, 0.29) is 6.04 Å². The molecule has 2 N–H and O–H groups in total. The van der Waals surface area contributed by atoms with Crippen LogP contribution in [0.25, 0.3) is 0 Å². The molecule has 3 heteroatoms. The van der Waals surface area contributed by atoms with Gasteiger partial charge in [0.05, 0.1) is 7.11 Å². The highest BCUT2D eigenvalue weighted by Crippen LogP contribution is 2.26. The summed E-state index contributed by atoms with van der Waals surface area (Å²) in [4.78, 5) is 0. The van der Waals surface area contributed by atoms with Gasteiger partial charge in [-0.1, -0.05) is 29.8 Å². The molecule has 2 aromatic carbocycles. The zero-order chi connectivity index (χ0) is 14.7. The Labute approximate surface area is 125 Å². The highest BCUT2D eigenvalue weighted by Gasteiger charge is 2.12. The molecule has 0 amide bonds. The molecular formula is C17H20ClNO. The first-order chi connectivity index (χ1) is 9.51. The van der Waals surface area contributed by atoms with Crippen molar-refractivity contribution in [1.29, 1.82) is 0 Å². The minimum Gasteiger partial charge on any atom is -0.497 e. The van der Waals surface area contributed by atoms with Crippen molar-refractivity contribution in [2.45, 2.75) is 26.3 Å². The average molecular weight is 290 g/mol. The van der Waals surface area contributed by atoms with Gasteiger partial charge in [-0.05, 0) is 60.7 Å². The Kier molecular flexibility index (Phi) is 4.69.